The summed E-state index contributed by atoms with van der Waals surface area (Å²) in [6.45, 7) is 1.64. The van der Waals surface area contributed by atoms with E-state index in [4.69, 9.17) is 4.42 Å². The average molecular weight is 238 g/mol. The van der Waals surface area contributed by atoms with Crippen LogP contribution in [0.4, 0.5) is 0 Å². The van der Waals surface area contributed by atoms with Crippen LogP contribution < -0.4 is 5.32 Å². The van der Waals surface area contributed by atoms with Gasteiger partial charge in [-0.05, 0) is 23.8 Å². The Morgan fingerprint density at radius 2 is 1.83 bits per heavy atom. The first kappa shape index (κ1) is 11.0. The van der Waals surface area contributed by atoms with Crippen LogP contribution in [0.25, 0.3) is 11.0 Å². The normalized spacial score (nSPS) is 10.9. The maximum Gasteiger partial charge on any atom is 0.134 e. The first-order valence-electron chi connectivity index (χ1n) is 5.98. The van der Waals surface area contributed by atoms with Gasteiger partial charge in [-0.15, -0.1) is 0 Å². The molecule has 2 aromatic heterocycles. The van der Waals surface area contributed by atoms with Crippen LogP contribution in [-0.2, 0) is 13.1 Å². The summed E-state index contributed by atoms with van der Waals surface area (Å²) in [6, 6.07) is 12.1. The quantitative estimate of drug-likeness (QED) is 0.759. The van der Waals surface area contributed by atoms with Crippen molar-refractivity contribution in [2.45, 2.75) is 13.1 Å². The number of hydrogen-bond acceptors (Lipinski definition) is 3. The lowest BCUT2D eigenvalue weighted by Gasteiger charge is -2.03. The summed E-state index contributed by atoms with van der Waals surface area (Å²) >= 11 is 0. The number of hydrogen-bond donors (Lipinski definition) is 1. The smallest absolute Gasteiger partial charge is 0.134 e. The van der Waals surface area contributed by atoms with E-state index in [1.165, 1.54) is 16.5 Å². The van der Waals surface area contributed by atoms with Gasteiger partial charge in [0, 0.05) is 36.4 Å². The molecular weight excluding hydrogens is 224 g/mol. The highest BCUT2D eigenvalue weighted by Crippen LogP contribution is 2.20. The molecule has 0 amide bonds. The second-order valence-electron chi connectivity index (χ2n) is 4.22. The Labute approximate surface area is 105 Å². The fourth-order valence-electron chi connectivity index (χ4n) is 2.01. The maximum atomic E-state index is 5.50. The number of benzene rings is 1. The van der Waals surface area contributed by atoms with Crippen LogP contribution in [0.1, 0.15) is 11.1 Å². The molecule has 0 spiro atoms. The maximum absolute atomic E-state index is 5.50. The van der Waals surface area contributed by atoms with E-state index in [1.54, 1.807) is 0 Å². The topological polar surface area (TPSA) is 38.1 Å². The molecule has 0 aliphatic rings. The minimum atomic E-state index is 0.805. The van der Waals surface area contributed by atoms with E-state index in [-0.39, 0.29) is 0 Å². The molecule has 0 saturated carbocycles. The van der Waals surface area contributed by atoms with Crippen LogP contribution in [0.3, 0.4) is 0 Å². The van der Waals surface area contributed by atoms with Crippen LogP contribution in [0.2, 0.25) is 0 Å². The van der Waals surface area contributed by atoms with Gasteiger partial charge in [0.1, 0.15) is 5.58 Å². The molecule has 0 bridgehead atoms. The molecule has 3 heteroatoms. The zero-order chi connectivity index (χ0) is 12.2. The Bertz CT molecular complexity index is 631. The zero-order valence-electron chi connectivity index (χ0n) is 9.97. The van der Waals surface area contributed by atoms with Gasteiger partial charge in [-0.2, -0.15) is 0 Å². The lowest BCUT2D eigenvalue weighted by molar-refractivity contribution is 0.602. The van der Waals surface area contributed by atoms with E-state index in [9.17, 15) is 0 Å². The van der Waals surface area contributed by atoms with Gasteiger partial charge < -0.3 is 9.73 Å². The van der Waals surface area contributed by atoms with Crippen LogP contribution in [0, 0.1) is 0 Å². The molecule has 2 heterocycles. The fraction of sp³-hybridized carbons (Fsp3) is 0.133. The van der Waals surface area contributed by atoms with Crippen LogP contribution in [0.15, 0.2) is 59.5 Å². The highest BCUT2D eigenvalue weighted by Gasteiger charge is 2.03. The summed E-state index contributed by atoms with van der Waals surface area (Å²) < 4.78 is 5.50. The number of rotatable bonds is 4. The van der Waals surface area contributed by atoms with Crippen molar-refractivity contribution < 1.29 is 4.42 Å². The summed E-state index contributed by atoms with van der Waals surface area (Å²) in [5.74, 6) is 0. The molecule has 1 N–H and O–H groups in total. The van der Waals surface area contributed by atoms with Gasteiger partial charge in [0.25, 0.3) is 0 Å². The molecule has 18 heavy (non-hydrogen) atoms. The molecule has 90 valence electrons. The van der Waals surface area contributed by atoms with Crippen molar-refractivity contribution in [3.63, 3.8) is 0 Å². The van der Waals surface area contributed by atoms with Crippen molar-refractivity contribution in [3.8, 4) is 0 Å². The number of nitrogens with zero attached hydrogens (tertiary/aromatic N) is 1. The van der Waals surface area contributed by atoms with Gasteiger partial charge in [0.2, 0.25) is 0 Å². The summed E-state index contributed by atoms with van der Waals surface area (Å²) in [4.78, 5) is 4.00. The predicted molar refractivity (Wildman–Crippen MR) is 71.0 cm³/mol. The van der Waals surface area contributed by atoms with Crippen LogP contribution in [-0.4, -0.2) is 4.98 Å². The lowest BCUT2D eigenvalue weighted by atomic mass is 10.2. The Morgan fingerprint density at radius 3 is 2.72 bits per heavy atom. The van der Waals surface area contributed by atoms with Gasteiger partial charge in [0.15, 0.2) is 0 Å². The molecule has 0 unspecified atom stereocenters. The molecule has 0 aliphatic heterocycles. The standard InChI is InChI=1S/C15H14N2O/c1-2-4-15-14(3-1)13(11-18-15)10-17-9-12-5-7-16-8-6-12/h1-8,11,17H,9-10H2. The van der Waals surface area contributed by atoms with E-state index >= 15 is 0 Å². The first-order chi connectivity index (χ1) is 8.93. The van der Waals surface area contributed by atoms with Crippen molar-refractivity contribution in [2.75, 3.05) is 0 Å². The molecule has 0 atom stereocenters. The Balaban J connectivity index is 1.67. The van der Waals surface area contributed by atoms with Crippen molar-refractivity contribution >= 4 is 11.0 Å². The number of para-hydroxylation sites is 1. The first-order valence-corrected chi connectivity index (χ1v) is 5.98. The summed E-state index contributed by atoms with van der Waals surface area (Å²) in [5, 5.41) is 4.59. The summed E-state index contributed by atoms with van der Waals surface area (Å²) in [7, 11) is 0. The average Bonchev–Trinajstić information content (AvgIpc) is 2.84. The van der Waals surface area contributed by atoms with Gasteiger partial charge in [0.05, 0.1) is 6.26 Å². The molecule has 0 saturated heterocycles. The zero-order valence-corrected chi connectivity index (χ0v) is 9.97. The van der Waals surface area contributed by atoms with E-state index in [1.807, 2.05) is 49.0 Å². The number of nitrogens with one attached hydrogen (secondary N) is 1. The highest BCUT2D eigenvalue weighted by molar-refractivity contribution is 5.80. The van der Waals surface area contributed by atoms with Crippen molar-refractivity contribution in [3.05, 3.63) is 66.2 Å². The molecule has 3 aromatic rings. The van der Waals surface area contributed by atoms with Crippen molar-refractivity contribution in [1.82, 2.24) is 10.3 Å². The van der Waals surface area contributed by atoms with E-state index in [0.29, 0.717) is 0 Å². The van der Waals surface area contributed by atoms with Gasteiger partial charge in [-0.3, -0.25) is 4.98 Å². The Morgan fingerprint density at radius 1 is 1.00 bits per heavy atom. The molecule has 0 radical (unpaired) electrons. The largest absolute Gasteiger partial charge is 0.464 e. The summed E-state index contributed by atoms with van der Waals surface area (Å²) in [6.07, 6.45) is 5.44. The minimum Gasteiger partial charge on any atom is -0.464 e. The summed E-state index contributed by atoms with van der Waals surface area (Å²) in [5.41, 5.74) is 3.37. The predicted octanol–water partition coefficient (Wildman–Crippen LogP) is 3.12. The molecule has 1 aromatic carbocycles. The minimum absolute atomic E-state index is 0.805. The molecular formula is C15H14N2O. The number of furan rings is 1. The van der Waals surface area contributed by atoms with Crippen LogP contribution in [0.5, 0.6) is 0 Å². The van der Waals surface area contributed by atoms with E-state index in [0.717, 1.165) is 18.7 Å². The Kier molecular flexibility index (Phi) is 3.07. The third kappa shape index (κ3) is 2.26. The molecule has 0 fully saturated rings. The van der Waals surface area contributed by atoms with E-state index in [2.05, 4.69) is 16.4 Å². The SMILES string of the molecule is c1ccc2c(CNCc3ccncc3)coc2c1. The monoisotopic (exact) mass is 238 g/mol. The fourth-order valence-corrected chi connectivity index (χ4v) is 2.01. The van der Waals surface area contributed by atoms with Gasteiger partial charge >= 0.3 is 0 Å². The Hall–Kier alpha value is -2.13. The molecule has 3 rings (SSSR count). The second-order valence-corrected chi connectivity index (χ2v) is 4.22. The van der Waals surface area contributed by atoms with Crippen molar-refractivity contribution in [1.29, 1.82) is 0 Å². The number of aromatic nitrogens is 1. The lowest BCUT2D eigenvalue weighted by Crippen LogP contribution is -2.12. The van der Waals surface area contributed by atoms with Crippen LogP contribution >= 0.6 is 0 Å². The van der Waals surface area contributed by atoms with Gasteiger partial charge in [-0.25, -0.2) is 0 Å². The molecule has 3 nitrogen and oxygen atoms in total. The van der Waals surface area contributed by atoms with Crippen molar-refractivity contribution in [2.24, 2.45) is 0 Å². The number of pyridine rings is 1. The highest BCUT2D eigenvalue weighted by atomic mass is 16.3. The van der Waals surface area contributed by atoms with Gasteiger partial charge in [-0.1, -0.05) is 18.2 Å². The van der Waals surface area contributed by atoms with E-state index < -0.39 is 0 Å². The number of fused-ring (bicyclic) bond motifs is 1. The third-order valence-corrected chi connectivity index (χ3v) is 2.96. The molecule has 0 aliphatic carbocycles. The third-order valence-electron chi connectivity index (χ3n) is 2.96. The second kappa shape index (κ2) is 5.02.